The minimum atomic E-state index is -0.807. The molecule has 2 aromatic rings. The van der Waals surface area contributed by atoms with Crippen LogP contribution in [0.1, 0.15) is 22.3 Å². The second kappa shape index (κ2) is 9.44. The zero-order valence-corrected chi connectivity index (χ0v) is 22.6. The van der Waals surface area contributed by atoms with Gasteiger partial charge in [-0.25, -0.2) is 5.01 Å². The number of hydrogen-bond donors (Lipinski definition) is 0. The van der Waals surface area contributed by atoms with E-state index in [1.165, 1.54) is 24.3 Å². The molecule has 2 aliphatic carbocycles. The molecule has 0 aromatic heterocycles. The van der Waals surface area contributed by atoms with Gasteiger partial charge in [0.15, 0.2) is 0 Å². The molecule has 5 rings (SSSR count). The zero-order chi connectivity index (χ0) is 26.8. The Kier molecular flexibility index (Phi) is 6.57. The van der Waals surface area contributed by atoms with E-state index in [4.69, 9.17) is 11.6 Å². The van der Waals surface area contributed by atoms with E-state index in [9.17, 15) is 34.6 Å². The number of alkyl halides is 2. The van der Waals surface area contributed by atoms with Gasteiger partial charge in [-0.3, -0.25) is 34.6 Å². The van der Waals surface area contributed by atoms with E-state index >= 15 is 0 Å². The molecule has 37 heavy (non-hydrogen) atoms. The normalized spacial score (nSPS) is 27.9. The monoisotopic (exact) mass is 654 g/mol. The lowest BCUT2D eigenvalue weighted by atomic mass is 9.81. The highest BCUT2D eigenvalue weighted by molar-refractivity contribution is 9.12. The first kappa shape index (κ1) is 25.7. The number of benzene rings is 2. The van der Waals surface area contributed by atoms with Gasteiger partial charge in [0.05, 0.1) is 33.8 Å². The summed E-state index contributed by atoms with van der Waals surface area (Å²) in [6, 6.07) is 8.57. The fourth-order valence-corrected chi connectivity index (χ4v) is 7.72. The second-order valence-electron chi connectivity index (χ2n) is 9.19. The minimum absolute atomic E-state index is 0.0216. The molecule has 1 saturated heterocycles. The van der Waals surface area contributed by atoms with Gasteiger partial charge >= 0.3 is 0 Å². The molecule has 2 saturated carbocycles. The molecule has 3 aliphatic rings. The van der Waals surface area contributed by atoms with Crippen molar-refractivity contribution in [2.24, 2.45) is 23.7 Å². The number of fused-ring (bicyclic) bond motifs is 5. The first-order valence-corrected chi connectivity index (χ1v) is 13.4. The summed E-state index contributed by atoms with van der Waals surface area (Å²) < 4.78 is 0. The molecule has 3 fully saturated rings. The highest BCUT2D eigenvalue weighted by Crippen LogP contribution is 2.60. The summed E-state index contributed by atoms with van der Waals surface area (Å²) in [5.41, 5.74) is -0.599. The predicted molar refractivity (Wildman–Crippen MR) is 137 cm³/mol. The number of non-ortho nitro benzene ring substituents is 1. The van der Waals surface area contributed by atoms with Gasteiger partial charge in [0, 0.05) is 38.4 Å². The lowest BCUT2D eigenvalue weighted by molar-refractivity contribution is -0.385. The van der Waals surface area contributed by atoms with E-state index in [0.717, 1.165) is 28.2 Å². The van der Waals surface area contributed by atoms with Crippen molar-refractivity contribution in [1.29, 1.82) is 0 Å². The van der Waals surface area contributed by atoms with Crippen LogP contribution in [0.2, 0.25) is 5.02 Å². The van der Waals surface area contributed by atoms with Gasteiger partial charge in [-0.1, -0.05) is 43.5 Å². The van der Waals surface area contributed by atoms with Crippen LogP contribution in [0.15, 0.2) is 42.5 Å². The average Bonchev–Trinajstić information content (AvgIpc) is 3.48. The summed E-state index contributed by atoms with van der Waals surface area (Å²) in [6.45, 7) is -0.467. The third-order valence-electron chi connectivity index (χ3n) is 7.33. The smallest absolute Gasteiger partial charge is 0.272 e. The Balaban J connectivity index is 1.56. The molecule has 3 amide bonds. The van der Waals surface area contributed by atoms with Gasteiger partial charge < -0.3 is 0 Å². The molecule has 6 atom stereocenters. The van der Waals surface area contributed by atoms with Gasteiger partial charge in [0.1, 0.15) is 0 Å². The lowest BCUT2D eigenvalue weighted by Gasteiger charge is -2.31. The van der Waals surface area contributed by atoms with Crippen LogP contribution in [-0.4, -0.2) is 47.2 Å². The highest BCUT2D eigenvalue weighted by atomic mass is 79.9. The Bertz CT molecular complexity index is 1330. The predicted octanol–water partition coefficient (Wildman–Crippen LogP) is 4.49. The van der Waals surface area contributed by atoms with Gasteiger partial charge in [-0.2, -0.15) is 5.01 Å². The number of nitro benzene ring substituents is 2. The maximum absolute atomic E-state index is 13.7. The molecular formula is C23H17Br2ClN4O7. The SMILES string of the molecule is O=C(c1ccc([N+](=O)[O-])cc1)N(Cc1ccc(Cl)cc1[N+](=O)[O-])N1C(=O)[C@@H]2[C@H]3C[C@@H]([C@@H](Br)[C@H]3Br)[C@H]2C1=O. The van der Waals surface area contributed by atoms with Gasteiger partial charge in [-0.15, -0.1) is 0 Å². The molecule has 2 bridgehead atoms. The maximum atomic E-state index is 13.7. The summed E-state index contributed by atoms with van der Waals surface area (Å²) in [6.07, 6.45) is 0.686. The Morgan fingerprint density at radius 2 is 1.54 bits per heavy atom. The van der Waals surface area contributed by atoms with Crippen LogP contribution in [0.25, 0.3) is 0 Å². The van der Waals surface area contributed by atoms with Crippen LogP contribution in [0, 0.1) is 43.9 Å². The van der Waals surface area contributed by atoms with Crippen LogP contribution in [0.5, 0.6) is 0 Å². The third kappa shape index (κ3) is 4.12. The molecule has 0 unspecified atom stereocenters. The standard InChI is InChI=1S/C23H17Br2ClN4O7/c24-19-14-8-15(20(19)25)18-17(14)22(32)28(23(18)33)27(9-11-1-4-12(26)7-16(11)30(36)37)21(31)10-2-5-13(6-3-10)29(34)35/h1-7,14-15,17-20H,8-9H2/t14-,15-,17-,18-,19-,20+/m1/s1. The van der Waals surface area contributed by atoms with E-state index < -0.39 is 45.9 Å². The summed E-state index contributed by atoms with van der Waals surface area (Å²) in [7, 11) is 0. The number of hydrazine groups is 1. The second-order valence-corrected chi connectivity index (χ2v) is 11.7. The van der Waals surface area contributed by atoms with Crippen LogP contribution >= 0.6 is 43.5 Å². The van der Waals surface area contributed by atoms with Crippen molar-refractivity contribution in [2.75, 3.05) is 0 Å². The molecule has 0 radical (unpaired) electrons. The summed E-state index contributed by atoms with van der Waals surface area (Å²) in [4.78, 5) is 62.4. The van der Waals surface area contributed by atoms with Crippen molar-refractivity contribution in [3.8, 4) is 0 Å². The van der Waals surface area contributed by atoms with Crippen molar-refractivity contribution in [3.63, 3.8) is 0 Å². The number of amides is 3. The Morgan fingerprint density at radius 3 is 2.05 bits per heavy atom. The first-order valence-electron chi connectivity index (χ1n) is 11.2. The summed E-state index contributed by atoms with van der Waals surface area (Å²) in [5.74, 6) is -3.36. The molecule has 11 nitrogen and oxygen atoms in total. The number of nitrogens with zero attached hydrogens (tertiary/aromatic N) is 4. The molecule has 1 aliphatic heterocycles. The average molecular weight is 657 g/mol. The molecule has 2 aromatic carbocycles. The van der Waals surface area contributed by atoms with E-state index in [1.54, 1.807) is 0 Å². The van der Waals surface area contributed by atoms with E-state index in [1.807, 2.05) is 0 Å². The fraction of sp³-hybridized carbons (Fsp3) is 0.348. The summed E-state index contributed by atoms with van der Waals surface area (Å²) in [5, 5.41) is 24.5. The number of hydrogen-bond acceptors (Lipinski definition) is 7. The topological polar surface area (TPSA) is 144 Å². The molecule has 0 spiro atoms. The van der Waals surface area contributed by atoms with Crippen LogP contribution < -0.4 is 0 Å². The van der Waals surface area contributed by atoms with E-state index in [-0.39, 0.29) is 49.0 Å². The van der Waals surface area contributed by atoms with Gasteiger partial charge in [0.2, 0.25) is 0 Å². The van der Waals surface area contributed by atoms with Crippen LogP contribution in [-0.2, 0) is 16.1 Å². The first-order chi connectivity index (χ1) is 17.5. The van der Waals surface area contributed by atoms with Crippen molar-refractivity contribution in [2.45, 2.75) is 22.6 Å². The van der Waals surface area contributed by atoms with Crippen molar-refractivity contribution in [3.05, 3.63) is 78.8 Å². The zero-order valence-electron chi connectivity index (χ0n) is 18.7. The molecule has 0 N–H and O–H groups in total. The minimum Gasteiger partial charge on any atom is -0.272 e. The van der Waals surface area contributed by atoms with E-state index in [0.29, 0.717) is 6.42 Å². The quantitative estimate of drug-likeness (QED) is 0.193. The van der Waals surface area contributed by atoms with Gasteiger partial charge in [0.25, 0.3) is 29.1 Å². The maximum Gasteiger partial charge on any atom is 0.275 e. The lowest BCUT2D eigenvalue weighted by Crippen LogP contribution is -2.50. The number of imide groups is 1. The number of carbonyl (C=O) groups is 3. The van der Waals surface area contributed by atoms with Crippen molar-refractivity contribution >= 4 is 72.6 Å². The molecule has 14 heteroatoms. The Morgan fingerprint density at radius 1 is 0.973 bits per heavy atom. The van der Waals surface area contributed by atoms with Crippen LogP contribution in [0.4, 0.5) is 11.4 Å². The number of nitro groups is 2. The van der Waals surface area contributed by atoms with Crippen molar-refractivity contribution in [1.82, 2.24) is 10.0 Å². The number of carbonyl (C=O) groups excluding carboxylic acids is 3. The van der Waals surface area contributed by atoms with Crippen molar-refractivity contribution < 1.29 is 24.2 Å². The van der Waals surface area contributed by atoms with Crippen LogP contribution in [0.3, 0.4) is 0 Å². The molecule has 1 heterocycles. The highest BCUT2D eigenvalue weighted by Gasteiger charge is 2.67. The van der Waals surface area contributed by atoms with Gasteiger partial charge in [-0.05, 0) is 42.5 Å². The summed E-state index contributed by atoms with van der Waals surface area (Å²) >= 11 is 13.2. The fourth-order valence-electron chi connectivity index (χ4n) is 5.68. The number of rotatable bonds is 6. The Hall–Kier alpha value is -2.90. The van der Waals surface area contributed by atoms with E-state index in [2.05, 4.69) is 31.9 Å². The molecular weight excluding hydrogens is 640 g/mol. The number of halogens is 3. The third-order valence-corrected chi connectivity index (χ3v) is 10.8. The molecule has 192 valence electrons. The largest absolute Gasteiger partial charge is 0.275 e. The Labute approximate surface area is 231 Å².